The Hall–Kier alpha value is -1.00. The molecule has 0 atom stereocenters. The molecule has 1 aromatic heterocycles. The van der Waals surface area contributed by atoms with E-state index >= 15 is 0 Å². The maximum atomic E-state index is 8.38. The molecule has 60 valence electrons. The molecule has 0 aliphatic carbocycles. The Bertz CT molecular complexity index is 191. The van der Waals surface area contributed by atoms with Gasteiger partial charge in [0.05, 0.1) is 31.7 Å². The number of ether oxygens (including phenoxy) is 1. The van der Waals surface area contributed by atoms with Gasteiger partial charge in [0.1, 0.15) is 0 Å². The normalized spacial score (nSPS) is 9.91. The molecule has 0 saturated heterocycles. The van der Waals surface area contributed by atoms with Gasteiger partial charge in [-0.1, -0.05) is 0 Å². The van der Waals surface area contributed by atoms with Crippen molar-refractivity contribution in [3.8, 4) is 0 Å². The fraction of sp³-hybridized carbons (Fsp3) is 0.429. The Morgan fingerprint density at radius 2 is 2.36 bits per heavy atom. The second-order valence-corrected chi connectivity index (χ2v) is 1.97. The highest BCUT2D eigenvalue weighted by molar-refractivity contribution is 4.91. The number of aromatic nitrogens is 2. The van der Waals surface area contributed by atoms with Crippen molar-refractivity contribution in [3.63, 3.8) is 0 Å². The molecular formula is C7H10N2O2. The molecule has 0 amide bonds. The smallest absolute Gasteiger partial charge is 0.0904 e. The van der Waals surface area contributed by atoms with Crippen molar-refractivity contribution in [3.05, 3.63) is 24.3 Å². The highest BCUT2D eigenvalue weighted by atomic mass is 16.5. The molecule has 0 radical (unpaired) electrons. The molecule has 4 heteroatoms. The first-order valence-electron chi connectivity index (χ1n) is 3.37. The lowest BCUT2D eigenvalue weighted by Crippen LogP contribution is -2.00. The van der Waals surface area contributed by atoms with Gasteiger partial charge in [0, 0.05) is 12.4 Å². The van der Waals surface area contributed by atoms with E-state index in [1.165, 1.54) is 0 Å². The van der Waals surface area contributed by atoms with Crippen LogP contribution in [0.2, 0.25) is 0 Å². The highest BCUT2D eigenvalue weighted by Gasteiger charge is 1.91. The van der Waals surface area contributed by atoms with Gasteiger partial charge in [-0.05, 0) is 0 Å². The predicted octanol–water partition coefficient (Wildman–Crippen LogP) is -0.0145. The van der Waals surface area contributed by atoms with Crippen LogP contribution in [0.1, 0.15) is 5.69 Å². The standard InChI is InChI=1S/C7H10N2O2/c10-3-4-11-6-7-5-8-1-2-9-7/h1-2,5,10H,3-4,6H2. The number of hydrogen-bond donors (Lipinski definition) is 1. The van der Waals surface area contributed by atoms with Crippen molar-refractivity contribution in [2.75, 3.05) is 13.2 Å². The average molecular weight is 154 g/mol. The first-order valence-corrected chi connectivity index (χ1v) is 3.37. The lowest BCUT2D eigenvalue weighted by molar-refractivity contribution is 0.0795. The average Bonchev–Trinajstić information content (AvgIpc) is 2.07. The van der Waals surface area contributed by atoms with E-state index in [1.807, 2.05) is 0 Å². The molecule has 1 N–H and O–H groups in total. The van der Waals surface area contributed by atoms with Crippen LogP contribution >= 0.6 is 0 Å². The van der Waals surface area contributed by atoms with Crippen LogP contribution in [0.25, 0.3) is 0 Å². The summed E-state index contributed by atoms with van der Waals surface area (Å²) in [5.41, 5.74) is 0.779. The molecule has 0 bridgehead atoms. The molecule has 0 aliphatic heterocycles. The molecule has 1 aromatic rings. The van der Waals surface area contributed by atoms with E-state index in [-0.39, 0.29) is 6.61 Å². The fourth-order valence-corrected chi connectivity index (χ4v) is 0.646. The van der Waals surface area contributed by atoms with Crippen LogP contribution in [-0.4, -0.2) is 28.3 Å². The third-order valence-corrected chi connectivity index (χ3v) is 1.10. The van der Waals surface area contributed by atoms with Crippen LogP contribution in [-0.2, 0) is 11.3 Å². The Morgan fingerprint density at radius 3 is 3.00 bits per heavy atom. The number of rotatable bonds is 4. The minimum atomic E-state index is 0.0419. The molecule has 0 fully saturated rings. The summed E-state index contributed by atoms with van der Waals surface area (Å²) in [5.74, 6) is 0. The van der Waals surface area contributed by atoms with Gasteiger partial charge in [-0.3, -0.25) is 9.97 Å². The summed E-state index contributed by atoms with van der Waals surface area (Å²) in [4.78, 5) is 7.84. The molecule has 1 heterocycles. The van der Waals surface area contributed by atoms with Crippen LogP contribution in [0.15, 0.2) is 18.6 Å². The van der Waals surface area contributed by atoms with Gasteiger partial charge in [-0.15, -0.1) is 0 Å². The SMILES string of the molecule is OCCOCc1cnccn1. The summed E-state index contributed by atoms with van der Waals surface area (Å²) in [5, 5.41) is 8.38. The highest BCUT2D eigenvalue weighted by Crippen LogP contribution is 1.91. The second kappa shape index (κ2) is 4.76. The Morgan fingerprint density at radius 1 is 1.45 bits per heavy atom. The first kappa shape index (κ1) is 8.10. The van der Waals surface area contributed by atoms with E-state index < -0.39 is 0 Å². The summed E-state index contributed by atoms with van der Waals surface area (Å²) >= 11 is 0. The van der Waals surface area contributed by atoms with E-state index in [9.17, 15) is 0 Å². The van der Waals surface area contributed by atoms with E-state index in [0.29, 0.717) is 13.2 Å². The largest absolute Gasteiger partial charge is 0.394 e. The quantitative estimate of drug-likeness (QED) is 0.619. The minimum Gasteiger partial charge on any atom is -0.394 e. The van der Waals surface area contributed by atoms with Crippen LogP contribution in [0, 0.1) is 0 Å². The third-order valence-electron chi connectivity index (χ3n) is 1.10. The molecule has 11 heavy (non-hydrogen) atoms. The molecule has 0 aliphatic rings. The van der Waals surface area contributed by atoms with Gasteiger partial charge in [-0.25, -0.2) is 0 Å². The monoisotopic (exact) mass is 154 g/mol. The molecule has 1 rings (SSSR count). The van der Waals surface area contributed by atoms with Crippen molar-refractivity contribution < 1.29 is 9.84 Å². The van der Waals surface area contributed by atoms with E-state index in [2.05, 4.69) is 9.97 Å². The van der Waals surface area contributed by atoms with E-state index in [4.69, 9.17) is 9.84 Å². The number of hydrogen-bond acceptors (Lipinski definition) is 4. The maximum Gasteiger partial charge on any atom is 0.0904 e. The van der Waals surface area contributed by atoms with Gasteiger partial charge in [-0.2, -0.15) is 0 Å². The summed E-state index contributed by atoms with van der Waals surface area (Å²) in [7, 11) is 0. The predicted molar refractivity (Wildman–Crippen MR) is 38.8 cm³/mol. The molecule has 0 aromatic carbocycles. The van der Waals surface area contributed by atoms with Crippen molar-refractivity contribution in [2.24, 2.45) is 0 Å². The van der Waals surface area contributed by atoms with Crippen molar-refractivity contribution >= 4 is 0 Å². The van der Waals surface area contributed by atoms with E-state index in [1.54, 1.807) is 18.6 Å². The van der Waals surface area contributed by atoms with Gasteiger partial charge >= 0.3 is 0 Å². The van der Waals surface area contributed by atoms with Crippen LogP contribution in [0.3, 0.4) is 0 Å². The van der Waals surface area contributed by atoms with Gasteiger partial charge in [0.2, 0.25) is 0 Å². The fourth-order valence-electron chi connectivity index (χ4n) is 0.646. The minimum absolute atomic E-state index is 0.0419. The van der Waals surface area contributed by atoms with Crippen molar-refractivity contribution in [2.45, 2.75) is 6.61 Å². The molecule has 0 saturated carbocycles. The van der Waals surface area contributed by atoms with Crippen molar-refractivity contribution in [1.82, 2.24) is 9.97 Å². The Balaban J connectivity index is 2.28. The summed E-state index contributed by atoms with van der Waals surface area (Å²) in [6.45, 7) is 0.797. The summed E-state index contributed by atoms with van der Waals surface area (Å²) in [6, 6.07) is 0. The van der Waals surface area contributed by atoms with Crippen molar-refractivity contribution in [1.29, 1.82) is 0 Å². The van der Waals surface area contributed by atoms with Gasteiger partial charge < -0.3 is 9.84 Å². The number of aliphatic hydroxyl groups is 1. The number of aliphatic hydroxyl groups excluding tert-OH is 1. The first-order chi connectivity index (χ1) is 5.43. The molecule has 4 nitrogen and oxygen atoms in total. The zero-order valence-electron chi connectivity index (χ0n) is 6.10. The van der Waals surface area contributed by atoms with Crippen LogP contribution in [0.4, 0.5) is 0 Å². The van der Waals surface area contributed by atoms with Crippen LogP contribution < -0.4 is 0 Å². The van der Waals surface area contributed by atoms with E-state index in [0.717, 1.165) is 5.69 Å². The zero-order chi connectivity index (χ0) is 7.94. The molecule has 0 unspecified atom stereocenters. The molecule has 0 spiro atoms. The van der Waals surface area contributed by atoms with Crippen LogP contribution in [0.5, 0.6) is 0 Å². The topological polar surface area (TPSA) is 55.2 Å². The lowest BCUT2D eigenvalue weighted by Gasteiger charge is -1.99. The Kier molecular flexibility index (Phi) is 3.51. The zero-order valence-corrected chi connectivity index (χ0v) is 6.10. The summed E-state index contributed by atoms with van der Waals surface area (Å²) < 4.78 is 5.02. The maximum absolute atomic E-state index is 8.38. The van der Waals surface area contributed by atoms with Gasteiger partial charge in [0.15, 0.2) is 0 Å². The summed E-state index contributed by atoms with van der Waals surface area (Å²) in [6.07, 6.45) is 4.85. The van der Waals surface area contributed by atoms with Gasteiger partial charge in [0.25, 0.3) is 0 Å². The Labute approximate surface area is 64.9 Å². The third kappa shape index (κ3) is 3.06. The number of nitrogens with zero attached hydrogens (tertiary/aromatic N) is 2. The second-order valence-electron chi connectivity index (χ2n) is 1.97. The molecular weight excluding hydrogens is 144 g/mol. The lowest BCUT2D eigenvalue weighted by atomic mass is 10.5.